The molecule has 0 spiro atoms. The van der Waals surface area contributed by atoms with Gasteiger partial charge >= 0.3 is 5.97 Å². The predicted molar refractivity (Wildman–Crippen MR) is 57.6 cm³/mol. The minimum atomic E-state index is -0.739. The van der Waals surface area contributed by atoms with Crippen molar-refractivity contribution in [1.82, 2.24) is 9.55 Å². The highest BCUT2D eigenvalue weighted by molar-refractivity contribution is 5.69. The zero-order valence-electron chi connectivity index (χ0n) is 9.47. The van der Waals surface area contributed by atoms with E-state index in [1.807, 2.05) is 17.7 Å². The summed E-state index contributed by atoms with van der Waals surface area (Å²) in [5.74, 6) is 0.0115. The first-order valence-electron chi connectivity index (χ1n) is 5.29. The Kier molecular flexibility index (Phi) is 3.88. The minimum absolute atomic E-state index is 0.107. The Labute approximate surface area is 89.9 Å². The van der Waals surface area contributed by atoms with E-state index in [1.165, 1.54) is 0 Å². The van der Waals surface area contributed by atoms with Gasteiger partial charge in [0.05, 0.1) is 5.92 Å². The van der Waals surface area contributed by atoms with E-state index in [4.69, 9.17) is 5.11 Å². The summed E-state index contributed by atoms with van der Waals surface area (Å²) in [5.41, 5.74) is 0. The highest BCUT2D eigenvalue weighted by atomic mass is 16.4. The summed E-state index contributed by atoms with van der Waals surface area (Å²) < 4.78 is 2.05. The van der Waals surface area contributed by atoms with Gasteiger partial charge in [-0.25, -0.2) is 4.98 Å². The molecule has 0 aromatic carbocycles. The summed E-state index contributed by atoms with van der Waals surface area (Å²) in [7, 11) is 0. The van der Waals surface area contributed by atoms with Crippen molar-refractivity contribution in [1.29, 1.82) is 0 Å². The molecule has 0 aliphatic rings. The number of hydrogen-bond acceptors (Lipinski definition) is 2. The van der Waals surface area contributed by atoms with E-state index in [0.717, 1.165) is 12.4 Å². The Morgan fingerprint density at radius 3 is 2.80 bits per heavy atom. The Morgan fingerprint density at radius 1 is 1.60 bits per heavy atom. The molecule has 2 unspecified atom stereocenters. The van der Waals surface area contributed by atoms with E-state index in [2.05, 4.69) is 11.9 Å². The summed E-state index contributed by atoms with van der Waals surface area (Å²) in [6.45, 7) is 6.62. The fraction of sp³-hybridized carbons (Fsp3) is 0.636. The molecule has 1 aromatic heterocycles. The molecule has 4 nitrogen and oxygen atoms in total. The first-order chi connectivity index (χ1) is 7.06. The summed E-state index contributed by atoms with van der Waals surface area (Å²) in [5, 5.41) is 8.88. The van der Waals surface area contributed by atoms with Gasteiger partial charge in [-0.05, 0) is 12.8 Å². The topological polar surface area (TPSA) is 55.1 Å². The van der Waals surface area contributed by atoms with Gasteiger partial charge in [0.2, 0.25) is 0 Å². The van der Waals surface area contributed by atoms with Gasteiger partial charge in [0.1, 0.15) is 5.82 Å². The zero-order chi connectivity index (χ0) is 11.4. The van der Waals surface area contributed by atoms with Gasteiger partial charge in [-0.15, -0.1) is 0 Å². The third-order valence-electron chi connectivity index (χ3n) is 2.89. The maximum atomic E-state index is 10.8. The Balaban J connectivity index is 2.65. The quantitative estimate of drug-likeness (QED) is 0.806. The molecule has 0 fully saturated rings. The number of aromatic nitrogens is 2. The summed E-state index contributed by atoms with van der Waals surface area (Å²) >= 11 is 0. The number of aliphatic carboxylic acids is 1. The molecule has 1 aromatic rings. The Morgan fingerprint density at radius 2 is 2.27 bits per heavy atom. The lowest BCUT2D eigenvalue weighted by molar-refractivity contribution is -0.142. The van der Waals surface area contributed by atoms with Crippen LogP contribution in [0.15, 0.2) is 12.4 Å². The number of carbonyl (C=O) groups is 1. The van der Waals surface area contributed by atoms with Gasteiger partial charge in [-0.3, -0.25) is 4.79 Å². The molecule has 1 heterocycles. The van der Waals surface area contributed by atoms with Gasteiger partial charge in [0, 0.05) is 25.4 Å². The fourth-order valence-corrected chi connectivity index (χ4v) is 1.53. The number of imidazole rings is 1. The second-order valence-electron chi connectivity index (χ2n) is 3.94. The number of carboxylic acids is 1. The molecular weight excluding hydrogens is 192 g/mol. The first kappa shape index (κ1) is 11.8. The third kappa shape index (κ3) is 2.81. The van der Waals surface area contributed by atoms with Gasteiger partial charge < -0.3 is 9.67 Å². The zero-order valence-corrected chi connectivity index (χ0v) is 9.47. The molecule has 0 aliphatic heterocycles. The maximum absolute atomic E-state index is 10.8. The molecule has 0 saturated carbocycles. The molecule has 0 radical (unpaired) electrons. The maximum Gasteiger partial charge on any atom is 0.306 e. The van der Waals surface area contributed by atoms with Gasteiger partial charge in [-0.1, -0.05) is 13.8 Å². The first-order valence-corrected chi connectivity index (χ1v) is 5.29. The van der Waals surface area contributed by atoms with Crippen LogP contribution in [0.25, 0.3) is 0 Å². The molecule has 0 amide bonds. The number of aryl methyl sites for hydroxylation is 1. The second-order valence-corrected chi connectivity index (χ2v) is 3.94. The number of carboxylic acid groups (broad SMARTS) is 1. The highest BCUT2D eigenvalue weighted by Crippen LogP contribution is 2.16. The van der Waals surface area contributed by atoms with E-state index in [-0.39, 0.29) is 11.8 Å². The average Bonchev–Trinajstić information content (AvgIpc) is 2.63. The van der Waals surface area contributed by atoms with E-state index < -0.39 is 5.97 Å². The van der Waals surface area contributed by atoms with Crippen LogP contribution in [0.1, 0.15) is 26.6 Å². The molecular formula is C11H18N2O2. The van der Waals surface area contributed by atoms with Gasteiger partial charge in [0.15, 0.2) is 0 Å². The third-order valence-corrected chi connectivity index (χ3v) is 2.89. The van der Waals surface area contributed by atoms with Crippen molar-refractivity contribution in [3.8, 4) is 0 Å². The molecule has 15 heavy (non-hydrogen) atoms. The van der Waals surface area contributed by atoms with Crippen LogP contribution in [-0.4, -0.2) is 20.6 Å². The molecule has 84 valence electrons. The Hall–Kier alpha value is -1.32. The van der Waals surface area contributed by atoms with E-state index in [1.54, 1.807) is 13.1 Å². The van der Waals surface area contributed by atoms with Crippen molar-refractivity contribution < 1.29 is 9.90 Å². The summed E-state index contributed by atoms with van der Waals surface area (Å²) in [6.07, 6.45) is 4.40. The Bertz CT molecular complexity index is 333. The van der Waals surface area contributed by atoms with Crippen molar-refractivity contribution >= 4 is 5.97 Å². The van der Waals surface area contributed by atoms with Crippen LogP contribution in [0.3, 0.4) is 0 Å². The average molecular weight is 210 g/mol. The standard InChI is InChI=1S/C11H18N2O2/c1-4-13-6-5-12-10(13)7-8(2)9(3)11(14)15/h5-6,8-9H,4,7H2,1-3H3,(H,14,15). The molecule has 0 bridgehead atoms. The van der Waals surface area contributed by atoms with E-state index in [0.29, 0.717) is 6.42 Å². The molecule has 2 atom stereocenters. The van der Waals surface area contributed by atoms with Crippen LogP contribution >= 0.6 is 0 Å². The molecule has 4 heteroatoms. The van der Waals surface area contributed by atoms with E-state index in [9.17, 15) is 4.79 Å². The van der Waals surface area contributed by atoms with E-state index >= 15 is 0 Å². The SMILES string of the molecule is CCn1ccnc1CC(C)C(C)C(=O)O. The van der Waals surface area contributed by atoms with Crippen molar-refractivity contribution in [3.05, 3.63) is 18.2 Å². The van der Waals surface area contributed by atoms with Crippen LogP contribution in [0.5, 0.6) is 0 Å². The summed E-state index contributed by atoms with van der Waals surface area (Å²) in [6, 6.07) is 0. The summed E-state index contributed by atoms with van der Waals surface area (Å²) in [4.78, 5) is 15.0. The van der Waals surface area contributed by atoms with Crippen LogP contribution in [0, 0.1) is 11.8 Å². The molecule has 1 rings (SSSR count). The number of rotatable bonds is 5. The fourth-order valence-electron chi connectivity index (χ4n) is 1.53. The highest BCUT2D eigenvalue weighted by Gasteiger charge is 2.20. The lowest BCUT2D eigenvalue weighted by Crippen LogP contribution is -2.21. The minimum Gasteiger partial charge on any atom is -0.481 e. The van der Waals surface area contributed by atoms with Crippen LogP contribution in [0.2, 0.25) is 0 Å². The normalized spacial score (nSPS) is 14.9. The number of nitrogens with zero attached hydrogens (tertiary/aromatic N) is 2. The van der Waals surface area contributed by atoms with Crippen LogP contribution < -0.4 is 0 Å². The van der Waals surface area contributed by atoms with Gasteiger partial charge in [-0.2, -0.15) is 0 Å². The molecule has 0 saturated heterocycles. The smallest absolute Gasteiger partial charge is 0.306 e. The predicted octanol–water partition coefficient (Wildman–Crippen LogP) is 1.80. The van der Waals surface area contributed by atoms with Crippen molar-refractivity contribution in [3.63, 3.8) is 0 Å². The van der Waals surface area contributed by atoms with Crippen LogP contribution in [0.4, 0.5) is 0 Å². The molecule has 1 N–H and O–H groups in total. The lowest BCUT2D eigenvalue weighted by atomic mass is 9.93. The van der Waals surface area contributed by atoms with Crippen molar-refractivity contribution in [2.45, 2.75) is 33.7 Å². The number of hydrogen-bond donors (Lipinski definition) is 1. The van der Waals surface area contributed by atoms with Gasteiger partial charge in [0.25, 0.3) is 0 Å². The lowest BCUT2D eigenvalue weighted by Gasteiger charge is -2.15. The molecule has 0 aliphatic carbocycles. The second kappa shape index (κ2) is 4.96. The van der Waals surface area contributed by atoms with Crippen molar-refractivity contribution in [2.75, 3.05) is 0 Å². The monoisotopic (exact) mass is 210 g/mol. The largest absolute Gasteiger partial charge is 0.481 e. The van der Waals surface area contributed by atoms with Crippen molar-refractivity contribution in [2.24, 2.45) is 11.8 Å². The van der Waals surface area contributed by atoms with Crippen LogP contribution in [-0.2, 0) is 17.8 Å².